The largest absolute Gasteiger partial charge is 0.437 e. The molecule has 0 aliphatic heterocycles. The van der Waals surface area contributed by atoms with E-state index in [9.17, 15) is 18.0 Å². The number of halogens is 3. The number of unbranched alkanes of at least 4 members (excludes halogenated alkanes) is 1. The normalized spacial score (nSPS) is 20.7. The van der Waals surface area contributed by atoms with Crippen LogP contribution >= 0.6 is 0 Å². The van der Waals surface area contributed by atoms with Crippen molar-refractivity contribution in [1.29, 1.82) is 0 Å². The van der Waals surface area contributed by atoms with E-state index in [0.29, 0.717) is 5.54 Å². The lowest BCUT2D eigenvalue weighted by Gasteiger charge is -2.43. The van der Waals surface area contributed by atoms with Gasteiger partial charge in [0.25, 0.3) is 0 Å². The number of alkyl halides is 3. The van der Waals surface area contributed by atoms with E-state index in [1.54, 1.807) is 7.05 Å². The Morgan fingerprint density at radius 2 is 1.46 bits per heavy atom. The van der Waals surface area contributed by atoms with E-state index >= 15 is 0 Å². The molecular formula is C24H52F3NO3Si4. The molecule has 4 nitrogen and oxygen atoms in total. The first-order valence-corrected chi connectivity index (χ1v) is 25.7. The SMILES string of the molecule is CCCC[Si](C)(C)O[Si](C)(C)O[Si](C)(C)CC[Si](C)(C)C1CCCC(N(C)C(=O)CC(F)(F)F)C1. The maximum Gasteiger partial charge on any atom is 0.397 e. The Labute approximate surface area is 217 Å². The monoisotopic (exact) mass is 571 g/mol. The van der Waals surface area contributed by atoms with Crippen molar-refractivity contribution in [3.8, 4) is 0 Å². The maximum absolute atomic E-state index is 12.7. The number of rotatable bonds is 13. The van der Waals surface area contributed by atoms with Crippen LogP contribution in [0.1, 0.15) is 51.9 Å². The quantitative estimate of drug-likeness (QED) is 0.208. The van der Waals surface area contributed by atoms with Crippen LogP contribution in [-0.4, -0.2) is 63.3 Å². The highest BCUT2D eigenvalue weighted by molar-refractivity contribution is 6.88. The lowest BCUT2D eigenvalue weighted by molar-refractivity contribution is -0.162. The molecule has 2 unspecified atom stereocenters. The summed E-state index contributed by atoms with van der Waals surface area (Å²) >= 11 is 0. The third-order valence-corrected chi connectivity index (χ3v) is 23.7. The van der Waals surface area contributed by atoms with Gasteiger partial charge in [-0.15, -0.1) is 0 Å². The first kappa shape index (κ1) is 33.1. The summed E-state index contributed by atoms with van der Waals surface area (Å²) in [5.74, 6) is -0.804. The van der Waals surface area contributed by atoms with Crippen LogP contribution in [-0.2, 0) is 13.0 Å². The average Bonchev–Trinajstić information content (AvgIpc) is 2.67. The molecule has 0 aromatic rings. The molecule has 0 N–H and O–H groups in total. The Kier molecular flexibility index (Phi) is 12.0. The van der Waals surface area contributed by atoms with E-state index in [4.69, 9.17) is 8.23 Å². The minimum atomic E-state index is -4.45. The van der Waals surface area contributed by atoms with E-state index in [1.807, 2.05) is 0 Å². The molecule has 2 atom stereocenters. The number of carbonyl (C=O) groups is 1. The van der Waals surface area contributed by atoms with Crippen LogP contribution in [0.3, 0.4) is 0 Å². The van der Waals surface area contributed by atoms with Gasteiger partial charge in [-0.3, -0.25) is 4.79 Å². The zero-order valence-electron chi connectivity index (χ0n) is 24.0. The van der Waals surface area contributed by atoms with Crippen molar-refractivity contribution in [3.63, 3.8) is 0 Å². The molecule has 35 heavy (non-hydrogen) atoms. The summed E-state index contributed by atoms with van der Waals surface area (Å²) < 4.78 is 51.7. The van der Waals surface area contributed by atoms with Gasteiger partial charge < -0.3 is 13.1 Å². The average molecular weight is 572 g/mol. The fraction of sp³-hybridized carbons (Fsp3) is 0.958. The molecule has 0 aromatic carbocycles. The van der Waals surface area contributed by atoms with E-state index in [0.717, 1.165) is 37.8 Å². The van der Waals surface area contributed by atoms with E-state index in [2.05, 4.69) is 59.3 Å². The van der Waals surface area contributed by atoms with Crippen molar-refractivity contribution in [2.75, 3.05) is 7.05 Å². The van der Waals surface area contributed by atoms with Crippen molar-refractivity contribution in [3.05, 3.63) is 0 Å². The Balaban J connectivity index is 2.72. The van der Waals surface area contributed by atoms with Crippen molar-refractivity contribution in [2.45, 2.75) is 140 Å². The summed E-state index contributed by atoms with van der Waals surface area (Å²) in [4.78, 5) is 13.5. The number of hydrogen-bond donors (Lipinski definition) is 0. The van der Waals surface area contributed by atoms with Gasteiger partial charge in [0, 0.05) is 13.1 Å². The van der Waals surface area contributed by atoms with Crippen LogP contribution in [0.4, 0.5) is 13.2 Å². The Bertz CT molecular complexity index is 687. The highest BCUT2D eigenvalue weighted by Gasteiger charge is 2.43. The van der Waals surface area contributed by atoms with Gasteiger partial charge in [-0.25, -0.2) is 0 Å². The first-order chi connectivity index (χ1) is 15.7. The van der Waals surface area contributed by atoms with Gasteiger partial charge in [-0.1, -0.05) is 51.7 Å². The molecule has 208 valence electrons. The molecule has 0 radical (unpaired) electrons. The molecule has 1 saturated carbocycles. The third kappa shape index (κ3) is 12.4. The molecule has 0 saturated heterocycles. The van der Waals surface area contributed by atoms with Crippen molar-refractivity contribution in [1.82, 2.24) is 4.90 Å². The highest BCUT2D eigenvalue weighted by atomic mass is 28.5. The van der Waals surface area contributed by atoms with Gasteiger partial charge in [-0.05, 0) is 69.8 Å². The minimum absolute atomic E-state index is 0.0769. The molecule has 1 aliphatic rings. The lowest BCUT2D eigenvalue weighted by atomic mass is 9.93. The minimum Gasteiger partial charge on any atom is -0.437 e. The van der Waals surface area contributed by atoms with Gasteiger partial charge >= 0.3 is 14.7 Å². The Hall–Kier alpha value is 0.0475. The van der Waals surface area contributed by atoms with Gasteiger partial charge in [0.1, 0.15) is 6.42 Å². The lowest BCUT2D eigenvalue weighted by Crippen LogP contribution is -2.53. The van der Waals surface area contributed by atoms with Gasteiger partial charge in [0.05, 0.1) is 8.07 Å². The van der Waals surface area contributed by atoms with Crippen LogP contribution in [0.25, 0.3) is 0 Å². The third-order valence-electron chi connectivity index (χ3n) is 7.59. The summed E-state index contributed by atoms with van der Waals surface area (Å²) in [6.07, 6.45) is 0.349. The maximum atomic E-state index is 12.7. The summed E-state index contributed by atoms with van der Waals surface area (Å²) in [7, 11) is -5.95. The molecule has 0 aromatic heterocycles. The van der Waals surface area contributed by atoms with Gasteiger partial charge in [0.15, 0.2) is 16.6 Å². The number of hydrogen-bond acceptors (Lipinski definition) is 3. The fourth-order valence-electron chi connectivity index (χ4n) is 5.61. The number of carbonyl (C=O) groups excluding carboxylic acids is 1. The van der Waals surface area contributed by atoms with Crippen molar-refractivity contribution >= 4 is 39.2 Å². The number of amides is 1. The van der Waals surface area contributed by atoms with Crippen LogP contribution in [0.2, 0.25) is 76.0 Å². The molecule has 0 bridgehead atoms. The number of nitrogens with zero attached hydrogens (tertiary/aromatic N) is 1. The smallest absolute Gasteiger partial charge is 0.397 e. The van der Waals surface area contributed by atoms with Gasteiger partial charge in [0.2, 0.25) is 5.91 Å². The second-order valence-corrected chi connectivity index (χ2v) is 30.8. The van der Waals surface area contributed by atoms with Gasteiger partial charge in [-0.2, -0.15) is 13.2 Å². The zero-order chi connectivity index (χ0) is 27.3. The summed E-state index contributed by atoms with van der Waals surface area (Å²) in [5, 5.41) is 0. The molecule has 1 amide bonds. The van der Waals surface area contributed by atoms with E-state index < -0.39 is 51.8 Å². The second-order valence-electron chi connectivity index (χ2n) is 13.0. The topological polar surface area (TPSA) is 38.8 Å². The second kappa shape index (κ2) is 12.7. The van der Waals surface area contributed by atoms with E-state index in [-0.39, 0.29) is 6.04 Å². The summed E-state index contributed by atoms with van der Waals surface area (Å²) in [6.45, 7) is 20.7. The molecule has 1 fully saturated rings. The van der Waals surface area contributed by atoms with Crippen LogP contribution in [0, 0.1) is 0 Å². The Morgan fingerprint density at radius 3 is 1.97 bits per heavy atom. The fourth-order valence-corrected chi connectivity index (χ4v) is 26.1. The van der Waals surface area contributed by atoms with Crippen LogP contribution < -0.4 is 0 Å². The summed E-state index contributed by atoms with van der Waals surface area (Å²) in [5.41, 5.74) is 0.522. The van der Waals surface area contributed by atoms with E-state index in [1.165, 1.54) is 23.8 Å². The van der Waals surface area contributed by atoms with Crippen LogP contribution in [0.5, 0.6) is 0 Å². The predicted molar refractivity (Wildman–Crippen MR) is 151 cm³/mol. The van der Waals surface area contributed by atoms with Crippen LogP contribution in [0.15, 0.2) is 0 Å². The predicted octanol–water partition coefficient (Wildman–Crippen LogP) is 8.36. The van der Waals surface area contributed by atoms with Crippen molar-refractivity contribution in [2.24, 2.45) is 0 Å². The standard InChI is InChI=1S/C24H52F3NO3Si4/c1-11-12-16-33(5,6)30-35(9,10)31-34(7,8)18-17-32(3,4)22-15-13-14-21(19-22)28(2)23(29)20-24(25,26)27/h21-22H,11-20H2,1-10H3. The molecule has 0 heterocycles. The molecule has 0 spiro atoms. The molecule has 11 heteroatoms. The molecular weight excluding hydrogens is 520 g/mol. The van der Waals surface area contributed by atoms with Crippen molar-refractivity contribution < 1.29 is 26.2 Å². The Morgan fingerprint density at radius 1 is 0.914 bits per heavy atom. The first-order valence-electron chi connectivity index (χ1n) is 13.4. The summed E-state index contributed by atoms with van der Waals surface area (Å²) in [6, 6.07) is 3.35. The molecule has 1 aliphatic carbocycles. The molecule has 1 rings (SSSR count). The highest BCUT2D eigenvalue weighted by Crippen LogP contribution is 2.42. The zero-order valence-corrected chi connectivity index (χ0v) is 28.0.